The van der Waals surface area contributed by atoms with E-state index >= 15 is 0 Å². The van der Waals surface area contributed by atoms with E-state index in [1.807, 2.05) is 25.1 Å². The van der Waals surface area contributed by atoms with Crippen LogP contribution in [0.25, 0.3) is 0 Å². The van der Waals surface area contributed by atoms with Gasteiger partial charge in [-0.1, -0.05) is 32.0 Å². The SMILES string of the molecule is Cc1cccc(C(C)C)c1NC(=O)COC(=O)c1ccc[nH+]c1N1CCCC1. The topological polar surface area (TPSA) is 72.8 Å². The fourth-order valence-corrected chi connectivity index (χ4v) is 3.52. The van der Waals surface area contributed by atoms with Gasteiger partial charge in [0.25, 0.3) is 11.7 Å². The summed E-state index contributed by atoms with van der Waals surface area (Å²) in [5.41, 5.74) is 3.30. The van der Waals surface area contributed by atoms with E-state index in [4.69, 9.17) is 4.74 Å². The fourth-order valence-electron chi connectivity index (χ4n) is 3.52. The number of aromatic nitrogens is 1. The lowest BCUT2D eigenvalue weighted by Crippen LogP contribution is -2.29. The number of benzene rings is 1. The minimum absolute atomic E-state index is 0.278. The number of aryl methyl sites for hydroxylation is 1. The van der Waals surface area contributed by atoms with Crippen LogP contribution in [0.2, 0.25) is 0 Å². The first kappa shape index (κ1) is 19.9. The maximum Gasteiger partial charge on any atom is 0.347 e. The van der Waals surface area contributed by atoms with E-state index in [2.05, 4.69) is 29.0 Å². The van der Waals surface area contributed by atoms with E-state index in [1.54, 1.807) is 18.3 Å². The maximum absolute atomic E-state index is 12.6. The van der Waals surface area contributed by atoms with Crippen molar-refractivity contribution >= 4 is 23.4 Å². The van der Waals surface area contributed by atoms with Crippen LogP contribution in [-0.4, -0.2) is 31.6 Å². The molecule has 0 aliphatic carbocycles. The molecule has 6 nitrogen and oxygen atoms in total. The number of nitrogens with zero attached hydrogens (tertiary/aromatic N) is 1. The summed E-state index contributed by atoms with van der Waals surface area (Å²) >= 11 is 0. The highest BCUT2D eigenvalue weighted by Gasteiger charge is 2.28. The summed E-state index contributed by atoms with van der Waals surface area (Å²) in [6.07, 6.45) is 4.01. The Labute approximate surface area is 165 Å². The molecule has 1 aliphatic rings. The molecule has 0 radical (unpaired) electrons. The summed E-state index contributed by atoms with van der Waals surface area (Å²) in [7, 11) is 0. The predicted molar refractivity (Wildman–Crippen MR) is 109 cm³/mol. The third-order valence-corrected chi connectivity index (χ3v) is 5.00. The molecule has 0 unspecified atom stereocenters. The van der Waals surface area contributed by atoms with Gasteiger partial charge in [0.15, 0.2) is 6.61 Å². The maximum atomic E-state index is 12.6. The molecular weight excluding hydrogens is 354 g/mol. The summed E-state index contributed by atoms with van der Waals surface area (Å²) in [6.45, 7) is 7.61. The number of ether oxygens (including phenoxy) is 1. The molecule has 28 heavy (non-hydrogen) atoms. The third kappa shape index (κ3) is 4.50. The van der Waals surface area contributed by atoms with Crippen molar-refractivity contribution in [2.75, 3.05) is 29.9 Å². The number of aromatic amines is 1. The zero-order chi connectivity index (χ0) is 20.1. The standard InChI is InChI=1S/C22H27N3O3/c1-15(2)17-9-6-8-16(3)20(17)24-19(26)14-28-22(27)18-10-7-11-23-21(18)25-12-4-5-13-25/h6-11,15H,4-5,12-14H2,1-3H3,(H,24,26)/p+1. The van der Waals surface area contributed by atoms with Gasteiger partial charge in [-0.15, -0.1) is 0 Å². The summed E-state index contributed by atoms with van der Waals surface area (Å²) in [6, 6.07) is 9.42. The Kier molecular flexibility index (Phi) is 6.29. The van der Waals surface area contributed by atoms with Gasteiger partial charge in [0.05, 0.1) is 19.3 Å². The number of amides is 1. The van der Waals surface area contributed by atoms with E-state index < -0.39 is 5.97 Å². The predicted octanol–water partition coefficient (Wildman–Crippen LogP) is 3.33. The van der Waals surface area contributed by atoms with Crippen molar-refractivity contribution in [1.29, 1.82) is 0 Å². The zero-order valence-corrected chi connectivity index (χ0v) is 16.7. The number of hydrogen-bond donors (Lipinski definition) is 1. The van der Waals surface area contributed by atoms with Gasteiger partial charge in [-0.05, 0) is 48.9 Å². The smallest absolute Gasteiger partial charge is 0.347 e. The summed E-state index contributed by atoms with van der Waals surface area (Å²) in [5, 5.41) is 2.90. The normalized spacial score (nSPS) is 13.6. The van der Waals surface area contributed by atoms with E-state index in [1.165, 1.54) is 0 Å². The molecule has 6 heteroatoms. The van der Waals surface area contributed by atoms with Crippen LogP contribution in [0.3, 0.4) is 0 Å². The van der Waals surface area contributed by atoms with Crippen molar-refractivity contribution in [1.82, 2.24) is 0 Å². The van der Waals surface area contributed by atoms with Crippen LogP contribution >= 0.6 is 0 Å². The first-order valence-corrected chi connectivity index (χ1v) is 9.79. The quantitative estimate of drug-likeness (QED) is 0.778. The minimum Gasteiger partial charge on any atom is -0.452 e. The van der Waals surface area contributed by atoms with Crippen LogP contribution in [-0.2, 0) is 9.53 Å². The van der Waals surface area contributed by atoms with E-state index in [9.17, 15) is 9.59 Å². The first-order valence-electron chi connectivity index (χ1n) is 9.79. The lowest BCUT2D eigenvalue weighted by Gasteiger charge is -2.16. The Bertz CT molecular complexity index is 858. The van der Waals surface area contributed by atoms with Gasteiger partial charge in [-0.3, -0.25) is 9.69 Å². The lowest BCUT2D eigenvalue weighted by molar-refractivity contribution is -0.364. The molecule has 0 bridgehead atoms. The van der Waals surface area contributed by atoms with Crippen molar-refractivity contribution in [3.8, 4) is 0 Å². The molecule has 1 saturated heterocycles. The number of para-hydroxylation sites is 1. The van der Waals surface area contributed by atoms with Gasteiger partial charge < -0.3 is 10.1 Å². The molecule has 0 atom stereocenters. The lowest BCUT2D eigenvalue weighted by atomic mass is 9.98. The number of carbonyl (C=O) groups is 2. The monoisotopic (exact) mass is 382 g/mol. The number of carbonyl (C=O) groups excluding carboxylic acids is 2. The molecule has 1 aromatic heterocycles. The van der Waals surface area contributed by atoms with Gasteiger partial charge in [0.2, 0.25) is 0 Å². The Balaban J connectivity index is 1.65. The Hall–Kier alpha value is -2.89. The van der Waals surface area contributed by atoms with Crippen molar-refractivity contribution < 1.29 is 19.3 Å². The highest BCUT2D eigenvalue weighted by Crippen LogP contribution is 2.27. The van der Waals surface area contributed by atoms with E-state index in [0.717, 1.165) is 48.6 Å². The largest absolute Gasteiger partial charge is 0.452 e. The molecule has 2 N–H and O–H groups in total. The minimum atomic E-state index is -0.497. The molecule has 2 heterocycles. The number of nitrogens with one attached hydrogen (secondary N) is 2. The van der Waals surface area contributed by atoms with Crippen molar-refractivity contribution in [3.05, 3.63) is 53.2 Å². The average Bonchev–Trinajstić information content (AvgIpc) is 3.22. The molecular formula is C22H28N3O3+. The molecule has 1 amide bonds. The molecule has 1 fully saturated rings. The van der Waals surface area contributed by atoms with Crippen LogP contribution in [0.1, 0.15) is 54.1 Å². The highest BCUT2D eigenvalue weighted by molar-refractivity contribution is 5.98. The molecule has 0 saturated carbocycles. The van der Waals surface area contributed by atoms with Crippen molar-refractivity contribution in [2.45, 2.75) is 39.5 Å². The van der Waals surface area contributed by atoms with Gasteiger partial charge in [0, 0.05) is 5.69 Å². The van der Waals surface area contributed by atoms with Gasteiger partial charge >= 0.3 is 5.97 Å². The van der Waals surface area contributed by atoms with E-state index in [0.29, 0.717) is 5.56 Å². The average molecular weight is 382 g/mol. The van der Waals surface area contributed by atoms with Gasteiger partial charge in [-0.2, -0.15) is 0 Å². The third-order valence-electron chi connectivity index (χ3n) is 5.00. The van der Waals surface area contributed by atoms with Crippen molar-refractivity contribution in [2.24, 2.45) is 0 Å². The summed E-state index contributed by atoms with van der Waals surface area (Å²) in [4.78, 5) is 30.3. The highest BCUT2D eigenvalue weighted by atomic mass is 16.5. The molecule has 1 aliphatic heterocycles. The molecule has 2 aromatic rings. The second-order valence-corrected chi connectivity index (χ2v) is 7.44. The Morgan fingerprint density at radius 1 is 1.18 bits per heavy atom. The number of esters is 1. The van der Waals surface area contributed by atoms with Crippen LogP contribution in [0.4, 0.5) is 11.5 Å². The number of hydrogen-bond acceptors (Lipinski definition) is 4. The fraction of sp³-hybridized carbons (Fsp3) is 0.409. The van der Waals surface area contributed by atoms with Gasteiger partial charge in [-0.25, -0.2) is 9.78 Å². The van der Waals surface area contributed by atoms with Crippen molar-refractivity contribution in [3.63, 3.8) is 0 Å². The Morgan fingerprint density at radius 3 is 2.64 bits per heavy atom. The second-order valence-electron chi connectivity index (χ2n) is 7.44. The molecule has 148 valence electrons. The molecule has 3 rings (SSSR count). The Morgan fingerprint density at radius 2 is 1.93 bits per heavy atom. The first-order chi connectivity index (χ1) is 13.5. The van der Waals surface area contributed by atoms with Crippen LogP contribution in [0.15, 0.2) is 36.5 Å². The second kappa shape index (κ2) is 8.87. The van der Waals surface area contributed by atoms with Crippen LogP contribution < -0.4 is 15.2 Å². The number of anilines is 2. The number of rotatable bonds is 6. The summed E-state index contributed by atoms with van der Waals surface area (Å²) < 4.78 is 5.30. The summed E-state index contributed by atoms with van der Waals surface area (Å²) in [5.74, 6) is 0.196. The number of H-pyrrole nitrogens is 1. The van der Waals surface area contributed by atoms with E-state index in [-0.39, 0.29) is 18.4 Å². The number of pyridine rings is 1. The van der Waals surface area contributed by atoms with Crippen LogP contribution in [0.5, 0.6) is 0 Å². The molecule has 1 aromatic carbocycles. The van der Waals surface area contributed by atoms with Gasteiger partial charge in [0.1, 0.15) is 5.56 Å². The zero-order valence-electron chi connectivity index (χ0n) is 16.7. The molecule has 0 spiro atoms. The van der Waals surface area contributed by atoms with Crippen LogP contribution in [0, 0.1) is 6.92 Å².